The Morgan fingerprint density at radius 3 is 2.09 bits per heavy atom. The lowest BCUT2D eigenvalue weighted by Crippen LogP contribution is -2.21. The lowest BCUT2D eigenvalue weighted by molar-refractivity contribution is -0.121. The van der Waals surface area contributed by atoms with E-state index in [-0.39, 0.29) is 22.5 Å². The molecule has 0 aliphatic rings. The smallest absolute Gasteiger partial charge is 0.343 e. The molecule has 0 spiro atoms. The third kappa shape index (κ3) is 6.31. The molecule has 0 fully saturated rings. The van der Waals surface area contributed by atoms with E-state index in [0.717, 1.165) is 5.56 Å². The molecular formula is C27H31NO4. The highest BCUT2D eigenvalue weighted by molar-refractivity contribution is 6.06. The van der Waals surface area contributed by atoms with E-state index in [4.69, 9.17) is 9.47 Å². The second kappa shape index (κ2) is 9.82. The number of benzene rings is 2. The van der Waals surface area contributed by atoms with Crippen LogP contribution in [0.25, 0.3) is 6.08 Å². The summed E-state index contributed by atoms with van der Waals surface area (Å²) < 4.78 is 11.2. The second-order valence-corrected chi connectivity index (χ2v) is 9.60. The van der Waals surface area contributed by atoms with E-state index in [0.29, 0.717) is 23.5 Å². The Morgan fingerprint density at radius 1 is 0.969 bits per heavy atom. The molecule has 0 amide bonds. The molecule has 2 aromatic rings. The highest BCUT2D eigenvalue weighted by Crippen LogP contribution is 2.31. The summed E-state index contributed by atoms with van der Waals surface area (Å²) in [7, 11) is 0. The van der Waals surface area contributed by atoms with Crippen molar-refractivity contribution >= 4 is 17.8 Å². The number of hydrogen-bond donors (Lipinski definition) is 0. The van der Waals surface area contributed by atoms with Crippen molar-refractivity contribution in [3.05, 3.63) is 64.7 Å². The lowest BCUT2D eigenvalue weighted by Gasteiger charge is -2.19. The lowest BCUT2D eigenvalue weighted by atomic mass is 9.86. The predicted molar refractivity (Wildman–Crippen MR) is 126 cm³/mol. The SMILES string of the molecule is CCOc1cc(C=C(C#N)C(=O)C(C)(C)C)ccc1OC(=O)c1ccc(C(C)(C)C)cc1. The molecule has 2 aromatic carbocycles. The largest absolute Gasteiger partial charge is 0.490 e. The molecule has 0 unspecified atom stereocenters. The van der Waals surface area contributed by atoms with Gasteiger partial charge in [0.1, 0.15) is 6.07 Å². The molecule has 0 heterocycles. The Kier molecular flexibility index (Phi) is 7.64. The van der Waals surface area contributed by atoms with Crippen molar-refractivity contribution in [3.8, 4) is 17.6 Å². The van der Waals surface area contributed by atoms with Crippen molar-refractivity contribution in [2.24, 2.45) is 5.41 Å². The monoisotopic (exact) mass is 433 g/mol. The Morgan fingerprint density at radius 2 is 1.59 bits per heavy atom. The van der Waals surface area contributed by atoms with Gasteiger partial charge in [-0.3, -0.25) is 4.79 Å². The van der Waals surface area contributed by atoms with Crippen molar-refractivity contribution in [1.29, 1.82) is 5.26 Å². The molecule has 0 saturated carbocycles. The summed E-state index contributed by atoms with van der Waals surface area (Å²) in [6.07, 6.45) is 1.52. The van der Waals surface area contributed by atoms with Crippen LogP contribution in [0.5, 0.6) is 11.5 Å². The van der Waals surface area contributed by atoms with Gasteiger partial charge in [-0.05, 0) is 53.8 Å². The molecule has 5 heteroatoms. The molecule has 0 aromatic heterocycles. The third-order valence-corrected chi connectivity index (χ3v) is 4.81. The van der Waals surface area contributed by atoms with Crippen LogP contribution in [0.2, 0.25) is 0 Å². The van der Waals surface area contributed by atoms with Gasteiger partial charge < -0.3 is 9.47 Å². The Bertz CT molecular complexity index is 1060. The Balaban J connectivity index is 2.32. The van der Waals surface area contributed by atoms with Crippen LogP contribution in [0.1, 0.15) is 70.0 Å². The van der Waals surface area contributed by atoms with Gasteiger partial charge in [-0.15, -0.1) is 0 Å². The number of nitrogens with zero attached hydrogens (tertiary/aromatic N) is 1. The van der Waals surface area contributed by atoms with Gasteiger partial charge in [-0.1, -0.05) is 59.7 Å². The minimum Gasteiger partial charge on any atom is -0.490 e. The maximum atomic E-state index is 12.7. The number of nitriles is 1. The van der Waals surface area contributed by atoms with E-state index in [2.05, 4.69) is 20.8 Å². The number of carbonyl (C=O) groups is 2. The summed E-state index contributed by atoms with van der Waals surface area (Å²) in [6.45, 7) is 13.8. The van der Waals surface area contributed by atoms with E-state index in [9.17, 15) is 14.9 Å². The van der Waals surface area contributed by atoms with Crippen LogP contribution in [0.4, 0.5) is 0 Å². The zero-order valence-electron chi connectivity index (χ0n) is 19.9. The molecule has 0 aliphatic heterocycles. The molecule has 0 bridgehead atoms. The maximum absolute atomic E-state index is 12.7. The number of Topliss-reactive ketones (excluding diaryl/α,β-unsaturated/α-hetero) is 1. The molecule has 2 rings (SSSR count). The van der Waals surface area contributed by atoms with Gasteiger partial charge >= 0.3 is 5.97 Å². The second-order valence-electron chi connectivity index (χ2n) is 9.60. The fraction of sp³-hybridized carbons (Fsp3) is 0.370. The predicted octanol–water partition coefficient (Wildman–Crippen LogP) is 6.12. The summed E-state index contributed by atoms with van der Waals surface area (Å²) in [5.41, 5.74) is 1.55. The molecule has 168 valence electrons. The van der Waals surface area contributed by atoms with Gasteiger partial charge in [0.15, 0.2) is 17.3 Å². The summed E-state index contributed by atoms with van der Waals surface area (Å²) >= 11 is 0. The van der Waals surface area contributed by atoms with Crippen molar-refractivity contribution in [2.75, 3.05) is 6.61 Å². The number of carbonyl (C=O) groups excluding carboxylic acids is 2. The quantitative estimate of drug-likeness (QED) is 0.237. The van der Waals surface area contributed by atoms with Crippen LogP contribution in [0, 0.1) is 16.7 Å². The van der Waals surface area contributed by atoms with Crippen LogP contribution in [-0.4, -0.2) is 18.4 Å². The van der Waals surface area contributed by atoms with Crippen LogP contribution in [-0.2, 0) is 10.2 Å². The molecule has 0 atom stereocenters. The molecule has 0 aliphatic carbocycles. The average molecular weight is 434 g/mol. The minimum atomic E-state index is -0.664. The van der Waals surface area contributed by atoms with Gasteiger partial charge in [0.25, 0.3) is 0 Å². The van der Waals surface area contributed by atoms with E-state index in [1.54, 1.807) is 51.1 Å². The van der Waals surface area contributed by atoms with Crippen LogP contribution < -0.4 is 9.47 Å². The highest BCUT2D eigenvalue weighted by atomic mass is 16.6. The number of hydrogen-bond acceptors (Lipinski definition) is 5. The topological polar surface area (TPSA) is 76.4 Å². The number of rotatable bonds is 6. The van der Waals surface area contributed by atoms with Crippen molar-refractivity contribution < 1.29 is 19.1 Å². The molecule has 32 heavy (non-hydrogen) atoms. The first-order valence-corrected chi connectivity index (χ1v) is 10.6. The van der Waals surface area contributed by atoms with E-state index in [1.165, 1.54) is 6.08 Å². The summed E-state index contributed by atoms with van der Waals surface area (Å²) in [4.78, 5) is 25.1. The molecule has 5 nitrogen and oxygen atoms in total. The van der Waals surface area contributed by atoms with E-state index < -0.39 is 11.4 Å². The standard InChI is InChI=1S/C27H31NO4/c1-8-31-23-16-18(15-20(17-28)24(29)27(5,6)7)9-14-22(23)32-25(30)19-10-12-21(13-11-19)26(2,3)4/h9-16H,8H2,1-7H3. The highest BCUT2D eigenvalue weighted by Gasteiger charge is 2.25. The zero-order valence-corrected chi connectivity index (χ0v) is 19.9. The normalized spacial score (nSPS) is 12.1. The van der Waals surface area contributed by atoms with Gasteiger partial charge in [-0.25, -0.2) is 4.79 Å². The maximum Gasteiger partial charge on any atom is 0.343 e. The van der Waals surface area contributed by atoms with Crippen LogP contribution >= 0.6 is 0 Å². The van der Waals surface area contributed by atoms with Gasteiger partial charge in [0, 0.05) is 5.41 Å². The number of ketones is 1. The molecule has 0 saturated heterocycles. The first kappa shape index (κ1) is 24.9. The fourth-order valence-electron chi connectivity index (χ4n) is 2.95. The van der Waals surface area contributed by atoms with Gasteiger partial charge in [0.05, 0.1) is 17.7 Å². The molecule has 0 N–H and O–H groups in total. The van der Waals surface area contributed by atoms with Crippen molar-refractivity contribution in [3.63, 3.8) is 0 Å². The fourth-order valence-corrected chi connectivity index (χ4v) is 2.95. The van der Waals surface area contributed by atoms with Gasteiger partial charge in [-0.2, -0.15) is 5.26 Å². The third-order valence-electron chi connectivity index (χ3n) is 4.81. The summed E-state index contributed by atoms with van der Waals surface area (Å²) in [6, 6.07) is 14.3. The molecule has 0 radical (unpaired) electrons. The number of ether oxygens (including phenoxy) is 2. The number of allylic oxidation sites excluding steroid dienone is 1. The average Bonchev–Trinajstić information content (AvgIpc) is 2.72. The number of esters is 1. The minimum absolute atomic E-state index is 0.00935. The van der Waals surface area contributed by atoms with Crippen LogP contribution in [0.15, 0.2) is 48.0 Å². The van der Waals surface area contributed by atoms with E-state index >= 15 is 0 Å². The Hall–Kier alpha value is -3.39. The summed E-state index contributed by atoms with van der Waals surface area (Å²) in [5.74, 6) is -0.0986. The zero-order chi connectivity index (χ0) is 24.1. The first-order chi connectivity index (χ1) is 14.9. The van der Waals surface area contributed by atoms with Crippen LogP contribution in [0.3, 0.4) is 0 Å². The van der Waals surface area contributed by atoms with Crippen molar-refractivity contribution in [2.45, 2.75) is 53.9 Å². The van der Waals surface area contributed by atoms with Crippen molar-refractivity contribution in [1.82, 2.24) is 0 Å². The Labute approximate surface area is 190 Å². The molecular weight excluding hydrogens is 402 g/mol. The summed E-state index contributed by atoms with van der Waals surface area (Å²) in [5, 5.41) is 9.42. The first-order valence-electron chi connectivity index (χ1n) is 10.6. The van der Waals surface area contributed by atoms with E-state index in [1.807, 2.05) is 25.1 Å². The van der Waals surface area contributed by atoms with Gasteiger partial charge in [0.2, 0.25) is 0 Å².